The Bertz CT molecular complexity index is 1130. The molecule has 9 nitrogen and oxygen atoms in total. The molecule has 2 aliphatic rings. The Balaban J connectivity index is 1.48. The summed E-state index contributed by atoms with van der Waals surface area (Å²) >= 11 is 0. The molecule has 1 heterocycles. The van der Waals surface area contributed by atoms with Crippen LogP contribution in [-0.4, -0.2) is 52.7 Å². The molecule has 2 atom stereocenters. The van der Waals surface area contributed by atoms with Crippen LogP contribution in [0, 0.1) is 5.41 Å². The average molecular weight is 480 g/mol. The molecule has 0 aromatic heterocycles. The maximum atomic E-state index is 13.2. The van der Waals surface area contributed by atoms with Gasteiger partial charge in [-0.2, -0.15) is 0 Å². The predicted octanol–water partition coefficient (Wildman–Crippen LogP) is 3.05. The van der Waals surface area contributed by atoms with Crippen LogP contribution in [0.4, 0.5) is 4.79 Å². The zero-order valence-corrected chi connectivity index (χ0v) is 19.9. The molecule has 0 radical (unpaired) electrons. The Kier molecular flexibility index (Phi) is 6.51. The summed E-state index contributed by atoms with van der Waals surface area (Å²) in [6.07, 6.45) is -0.907. The molecular formula is C26H29N3O6. The van der Waals surface area contributed by atoms with Crippen molar-refractivity contribution in [3.63, 3.8) is 0 Å². The summed E-state index contributed by atoms with van der Waals surface area (Å²) in [5, 5.41) is 12.8. The van der Waals surface area contributed by atoms with E-state index in [2.05, 4.69) is 10.7 Å². The fourth-order valence-corrected chi connectivity index (χ4v) is 4.69. The fourth-order valence-electron chi connectivity index (χ4n) is 4.69. The van der Waals surface area contributed by atoms with E-state index in [1.807, 2.05) is 69.3 Å². The Labute approximate surface area is 203 Å². The van der Waals surface area contributed by atoms with Gasteiger partial charge in [0.1, 0.15) is 12.6 Å². The molecule has 0 bridgehead atoms. The second-order valence-electron chi connectivity index (χ2n) is 10.1. The van der Waals surface area contributed by atoms with Crippen LogP contribution in [-0.2, 0) is 19.1 Å². The number of rotatable bonds is 6. The second kappa shape index (κ2) is 9.40. The lowest BCUT2D eigenvalue weighted by Gasteiger charge is -2.30. The SMILES string of the molecule is CC(C)(C)CC(NC(=O)OCC1c2ccccc2-c2ccccc21)C(=O)N1NC(=O)CC1C(=O)O. The lowest BCUT2D eigenvalue weighted by atomic mass is 9.87. The minimum absolute atomic E-state index is 0.0779. The van der Waals surface area contributed by atoms with E-state index in [9.17, 15) is 24.3 Å². The van der Waals surface area contributed by atoms with Crippen molar-refractivity contribution < 1.29 is 29.0 Å². The summed E-state index contributed by atoms with van der Waals surface area (Å²) in [4.78, 5) is 49.3. The summed E-state index contributed by atoms with van der Waals surface area (Å²) in [6.45, 7) is 5.76. The Morgan fingerprint density at radius 3 is 2.20 bits per heavy atom. The molecule has 9 heteroatoms. The number of hydrogen-bond acceptors (Lipinski definition) is 5. The number of alkyl carbamates (subject to hydrolysis) is 1. The molecule has 1 aliphatic carbocycles. The van der Waals surface area contributed by atoms with Gasteiger partial charge in [-0.15, -0.1) is 0 Å². The van der Waals surface area contributed by atoms with E-state index in [-0.39, 0.29) is 30.8 Å². The zero-order valence-electron chi connectivity index (χ0n) is 19.9. The first-order valence-electron chi connectivity index (χ1n) is 11.5. The van der Waals surface area contributed by atoms with E-state index in [1.54, 1.807) is 0 Å². The van der Waals surface area contributed by atoms with Crippen LogP contribution in [0.1, 0.15) is 50.7 Å². The zero-order chi connectivity index (χ0) is 25.3. The van der Waals surface area contributed by atoms with Crippen LogP contribution in [0.25, 0.3) is 11.1 Å². The van der Waals surface area contributed by atoms with Crippen molar-refractivity contribution in [2.24, 2.45) is 5.41 Å². The van der Waals surface area contributed by atoms with Crippen molar-refractivity contribution in [3.05, 3.63) is 59.7 Å². The number of carbonyl (C=O) groups is 4. The highest BCUT2D eigenvalue weighted by Crippen LogP contribution is 2.44. The van der Waals surface area contributed by atoms with Crippen LogP contribution in [0.5, 0.6) is 0 Å². The summed E-state index contributed by atoms with van der Waals surface area (Å²) in [7, 11) is 0. The van der Waals surface area contributed by atoms with Crippen LogP contribution in [0.2, 0.25) is 0 Å². The average Bonchev–Trinajstić information content (AvgIpc) is 3.34. The largest absolute Gasteiger partial charge is 0.480 e. The van der Waals surface area contributed by atoms with E-state index in [1.165, 1.54) is 0 Å². The number of hydrogen-bond donors (Lipinski definition) is 3. The number of fused-ring (bicyclic) bond motifs is 3. The minimum Gasteiger partial charge on any atom is -0.480 e. The lowest BCUT2D eigenvalue weighted by molar-refractivity contribution is -0.151. The van der Waals surface area contributed by atoms with Gasteiger partial charge in [-0.3, -0.25) is 15.0 Å². The minimum atomic E-state index is -1.33. The van der Waals surface area contributed by atoms with E-state index < -0.39 is 36.0 Å². The first-order valence-corrected chi connectivity index (χ1v) is 11.5. The van der Waals surface area contributed by atoms with E-state index in [0.717, 1.165) is 27.3 Å². The van der Waals surface area contributed by atoms with Gasteiger partial charge in [0.05, 0.1) is 6.42 Å². The summed E-state index contributed by atoms with van der Waals surface area (Å²) in [6, 6.07) is 13.5. The predicted molar refractivity (Wildman–Crippen MR) is 127 cm³/mol. The molecule has 184 valence electrons. The summed E-state index contributed by atoms with van der Waals surface area (Å²) in [5.41, 5.74) is 6.24. The number of benzene rings is 2. The maximum Gasteiger partial charge on any atom is 0.407 e. The van der Waals surface area contributed by atoms with Crippen LogP contribution in [0.15, 0.2) is 48.5 Å². The standard InChI is InChI=1S/C26H29N3O6/c1-26(2,3)13-20(23(31)29-21(24(32)33)12-22(30)28-29)27-25(34)35-14-19-17-10-6-4-8-15(17)16-9-5-7-11-18(16)19/h4-11,19-21H,12-14H2,1-3H3,(H,27,34)(H,28,30)(H,32,33). The highest BCUT2D eigenvalue weighted by Gasteiger charge is 2.42. The van der Waals surface area contributed by atoms with Gasteiger partial charge in [-0.1, -0.05) is 69.3 Å². The van der Waals surface area contributed by atoms with Gasteiger partial charge in [0.25, 0.3) is 5.91 Å². The molecule has 2 aromatic rings. The van der Waals surface area contributed by atoms with Gasteiger partial charge in [0, 0.05) is 5.92 Å². The van der Waals surface area contributed by atoms with Crippen LogP contribution in [0.3, 0.4) is 0 Å². The summed E-state index contributed by atoms with van der Waals surface area (Å²) < 4.78 is 5.57. The molecule has 4 rings (SSSR count). The molecular weight excluding hydrogens is 450 g/mol. The third-order valence-corrected chi connectivity index (χ3v) is 6.21. The van der Waals surface area contributed by atoms with Gasteiger partial charge in [-0.05, 0) is 34.1 Å². The fraction of sp³-hybridized carbons (Fsp3) is 0.385. The van der Waals surface area contributed by atoms with Crippen LogP contribution >= 0.6 is 0 Å². The molecule has 35 heavy (non-hydrogen) atoms. The number of carboxylic acid groups (broad SMARTS) is 1. The van der Waals surface area contributed by atoms with Crippen LogP contribution < -0.4 is 10.7 Å². The number of nitrogens with one attached hydrogen (secondary N) is 2. The van der Waals surface area contributed by atoms with Crippen molar-refractivity contribution in [2.45, 2.75) is 51.6 Å². The van der Waals surface area contributed by atoms with Crippen molar-refractivity contribution in [1.82, 2.24) is 15.8 Å². The third kappa shape index (κ3) is 5.13. The molecule has 1 fully saturated rings. The molecule has 1 aliphatic heterocycles. The molecule has 0 saturated carbocycles. The third-order valence-electron chi connectivity index (χ3n) is 6.21. The maximum absolute atomic E-state index is 13.2. The smallest absolute Gasteiger partial charge is 0.407 e. The van der Waals surface area contributed by atoms with Gasteiger partial charge in [-0.25, -0.2) is 14.6 Å². The summed E-state index contributed by atoms with van der Waals surface area (Å²) in [5.74, 6) is -2.71. The highest BCUT2D eigenvalue weighted by molar-refractivity contribution is 5.96. The number of carboxylic acids is 1. The van der Waals surface area contributed by atoms with Crippen molar-refractivity contribution in [1.29, 1.82) is 0 Å². The number of carbonyl (C=O) groups excluding carboxylic acids is 3. The molecule has 3 amide bonds. The van der Waals surface area contributed by atoms with Crippen molar-refractivity contribution in [3.8, 4) is 11.1 Å². The monoisotopic (exact) mass is 479 g/mol. The molecule has 1 saturated heterocycles. The van der Waals surface area contributed by atoms with Crippen molar-refractivity contribution >= 4 is 23.9 Å². The Hall–Kier alpha value is -3.88. The van der Waals surface area contributed by atoms with Gasteiger partial charge >= 0.3 is 12.1 Å². The highest BCUT2D eigenvalue weighted by atomic mass is 16.5. The van der Waals surface area contributed by atoms with E-state index >= 15 is 0 Å². The van der Waals surface area contributed by atoms with Gasteiger partial charge in [0.15, 0.2) is 6.04 Å². The van der Waals surface area contributed by atoms with E-state index in [0.29, 0.717) is 0 Å². The number of aliphatic carboxylic acids is 1. The first kappa shape index (κ1) is 24.3. The number of ether oxygens (including phenoxy) is 1. The molecule has 2 unspecified atom stereocenters. The quantitative estimate of drug-likeness (QED) is 0.585. The number of hydrazine groups is 1. The van der Waals surface area contributed by atoms with Gasteiger partial charge < -0.3 is 15.2 Å². The topological polar surface area (TPSA) is 125 Å². The number of amides is 3. The molecule has 3 N–H and O–H groups in total. The van der Waals surface area contributed by atoms with Gasteiger partial charge in [0.2, 0.25) is 5.91 Å². The molecule has 0 spiro atoms. The normalized spacial score (nSPS) is 17.9. The second-order valence-corrected chi connectivity index (χ2v) is 10.1. The van der Waals surface area contributed by atoms with Crippen molar-refractivity contribution in [2.75, 3.05) is 6.61 Å². The Morgan fingerprint density at radius 2 is 1.66 bits per heavy atom. The lowest BCUT2D eigenvalue weighted by Crippen LogP contribution is -2.56. The first-order chi connectivity index (χ1) is 16.5. The molecule has 2 aromatic carbocycles. The number of nitrogens with zero attached hydrogens (tertiary/aromatic N) is 1. The van der Waals surface area contributed by atoms with E-state index in [4.69, 9.17) is 4.74 Å². The Morgan fingerprint density at radius 1 is 1.09 bits per heavy atom.